The van der Waals surface area contributed by atoms with E-state index in [2.05, 4.69) is 5.32 Å². The van der Waals surface area contributed by atoms with E-state index in [1.165, 1.54) is 0 Å². The van der Waals surface area contributed by atoms with Crippen molar-refractivity contribution in [3.8, 4) is 5.75 Å². The third kappa shape index (κ3) is 5.49. The Bertz CT molecular complexity index is 433. The minimum absolute atomic E-state index is 0.00491. The molecule has 4 nitrogen and oxygen atoms in total. The van der Waals surface area contributed by atoms with Crippen LogP contribution in [0.3, 0.4) is 0 Å². The zero-order chi connectivity index (χ0) is 14.4. The lowest BCUT2D eigenvalue weighted by molar-refractivity contribution is -0.123. The highest BCUT2D eigenvalue weighted by Crippen LogP contribution is 2.29. The Kier molecular flexibility index (Phi) is 6.12. The number of rotatable bonds is 6. The Morgan fingerprint density at radius 3 is 2.68 bits per heavy atom. The first kappa shape index (κ1) is 15.8. The van der Waals surface area contributed by atoms with Crippen LogP contribution >= 0.6 is 11.6 Å². The normalized spacial score (nSPS) is 12.3. The van der Waals surface area contributed by atoms with Crippen molar-refractivity contribution in [1.82, 2.24) is 5.32 Å². The van der Waals surface area contributed by atoms with Gasteiger partial charge < -0.3 is 15.8 Å². The number of hydrogen-bond donors (Lipinski definition) is 2. The second-order valence-corrected chi connectivity index (χ2v) is 5.33. The van der Waals surface area contributed by atoms with Gasteiger partial charge in [-0.25, -0.2) is 0 Å². The van der Waals surface area contributed by atoms with E-state index < -0.39 is 0 Å². The molecule has 0 heterocycles. The van der Waals surface area contributed by atoms with Crippen LogP contribution in [0.2, 0.25) is 5.02 Å². The molecule has 0 radical (unpaired) electrons. The molecule has 1 aromatic carbocycles. The molecule has 1 unspecified atom stereocenters. The summed E-state index contributed by atoms with van der Waals surface area (Å²) in [6.07, 6.45) is 0.654. The van der Waals surface area contributed by atoms with E-state index in [9.17, 15) is 4.79 Å². The largest absolute Gasteiger partial charge is 0.482 e. The van der Waals surface area contributed by atoms with E-state index in [4.69, 9.17) is 22.1 Å². The monoisotopic (exact) mass is 284 g/mol. The molecule has 1 amide bonds. The van der Waals surface area contributed by atoms with E-state index in [1.54, 1.807) is 6.07 Å². The lowest BCUT2D eigenvalue weighted by Gasteiger charge is -2.15. The fourth-order valence-corrected chi connectivity index (χ4v) is 1.97. The van der Waals surface area contributed by atoms with Crippen molar-refractivity contribution in [3.63, 3.8) is 0 Å². The van der Waals surface area contributed by atoms with Gasteiger partial charge in [0.25, 0.3) is 5.91 Å². The third-order valence-corrected chi connectivity index (χ3v) is 2.69. The molecule has 0 saturated heterocycles. The van der Waals surface area contributed by atoms with Gasteiger partial charge in [0.05, 0.1) is 5.02 Å². The Labute approximate surface area is 119 Å². The zero-order valence-corrected chi connectivity index (χ0v) is 12.3. The van der Waals surface area contributed by atoms with Gasteiger partial charge in [0.2, 0.25) is 0 Å². The van der Waals surface area contributed by atoms with Gasteiger partial charge in [-0.15, -0.1) is 0 Å². The summed E-state index contributed by atoms with van der Waals surface area (Å²) in [7, 11) is 0. The summed E-state index contributed by atoms with van der Waals surface area (Å²) < 4.78 is 5.53. The number of nitrogens with one attached hydrogen (secondary N) is 1. The highest BCUT2D eigenvalue weighted by Gasteiger charge is 2.12. The third-order valence-electron chi connectivity index (χ3n) is 2.39. The number of amides is 1. The van der Waals surface area contributed by atoms with E-state index in [0.717, 1.165) is 5.56 Å². The van der Waals surface area contributed by atoms with Crippen molar-refractivity contribution in [3.05, 3.63) is 28.8 Å². The molecule has 0 bridgehead atoms. The van der Waals surface area contributed by atoms with Gasteiger partial charge in [0, 0.05) is 12.1 Å². The molecule has 0 spiro atoms. The molecular weight excluding hydrogens is 264 g/mol. The van der Waals surface area contributed by atoms with Crippen LogP contribution in [-0.2, 0) is 11.2 Å². The van der Waals surface area contributed by atoms with Crippen molar-refractivity contribution in [2.75, 3.05) is 6.61 Å². The molecule has 0 aliphatic rings. The number of carbonyl (C=O) groups excluding carboxylic acids is 1. The van der Waals surface area contributed by atoms with Crippen molar-refractivity contribution in [2.45, 2.75) is 39.3 Å². The maximum Gasteiger partial charge on any atom is 0.258 e. The fourth-order valence-electron chi connectivity index (χ4n) is 1.72. The van der Waals surface area contributed by atoms with Gasteiger partial charge in [-0.1, -0.05) is 23.7 Å². The molecule has 0 aliphatic heterocycles. The molecule has 0 saturated carbocycles. The highest BCUT2D eigenvalue weighted by atomic mass is 35.5. The molecule has 0 aromatic heterocycles. The van der Waals surface area contributed by atoms with Crippen LogP contribution < -0.4 is 15.8 Å². The number of hydrogen-bond acceptors (Lipinski definition) is 3. The minimum atomic E-state index is -0.165. The predicted molar refractivity (Wildman–Crippen MR) is 77.6 cm³/mol. The van der Waals surface area contributed by atoms with Gasteiger partial charge in [-0.3, -0.25) is 4.79 Å². The molecule has 106 valence electrons. The van der Waals surface area contributed by atoms with Crippen LogP contribution in [0.25, 0.3) is 0 Å². The Morgan fingerprint density at radius 1 is 1.42 bits per heavy atom. The summed E-state index contributed by atoms with van der Waals surface area (Å²) in [5.41, 5.74) is 6.70. The van der Waals surface area contributed by atoms with Gasteiger partial charge in [-0.2, -0.15) is 0 Å². The zero-order valence-electron chi connectivity index (χ0n) is 11.6. The SMILES string of the molecule is CC(N)Cc1cccc(Cl)c1OCC(=O)NC(C)C. The average Bonchev–Trinajstić information content (AvgIpc) is 2.26. The topological polar surface area (TPSA) is 64.3 Å². The summed E-state index contributed by atoms with van der Waals surface area (Å²) in [6, 6.07) is 5.59. The first-order chi connectivity index (χ1) is 8.90. The molecule has 0 fully saturated rings. The Morgan fingerprint density at radius 2 is 2.11 bits per heavy atom. The number of carbonyl (C=O) groups is 1. The van der Waals surface area contributed by atoms with Crippen LogP contribution in [0, 0.1) is 0 Å². The summed E-state index contributed by atoms with van der Waals surface area (Å²) in [5.74, 6) is 0.377. The van der Waals surface area contributed by atoms with Crippen LogP contribution in [0.15, 0.2) is 18.2 Å². The van der Waals surface area contributed by atoms with Crippen LogP contribution in [0.4, 0.5) is 0 Å². The highest BCUT2D eigenvalue weighted by molar-refractivity contribution is 6.32. The summed E-state index contributed by atoms with van der Waals surface area (Å²) in [4.78, 5) is 11.6. The smallest absolute Gasteiger partial charge is 0.258 e. The van der Waals surface area contributed by atoms with Crippen molar-refractivity contribution in [2.24, 2.45) is 5.73 Å². The molecular formula is C14H21ClN2O2. The van der Waals surface area contributed by atoms with E-state index in [0.29, 0.717) is 17.2 Å². The van der Waals surface area contributed by atoms with E-state index in [-0.39, 0.29) is 24.6 Å². The van der Waals surface area contributed by atoms with Crippen molar-refractivity contribution >= 4 is 17.5 Å². The first-order valence-electron chi connectivity index (χ1n) is 6.35. The fraction of sp³-hybridized carbons (Fsp3) is 0.500. The Balaban J connectivity index is 2.73. The van der Waals surface area contributed by atoms with E-state index in [1.807, 2.05) is 32.9 Å². The summed E-state index contributed by atoms with van der Waals surface area (Å²) in [5, 5.41) is 3.26. The van der Waals surface area contributed by atoms with Crippen LogP contribution in [0.1, 0.15) is 26.3 Å². The van der Waals surface area contributed by atoms with Crippen molar-refractivity contribution in [1.29, 1.82) is 0 Å². The van der Waals surface area contributed by atoms with Crippen LogP contribution in [-0.4, -0.2) is 24.6 Å². The lowest BCUT2D eigenvalue weighted by Crippen LogP contribution is -2.34. The van der Waals surface area contributed by atoms with Gasteiger partial charge >= 0.3 is 0 Å². The number of benzene rings is 1. The number of para-hydroxylation sites is 1. The summed E-state index contributed by atoms with van der Waals surface area (Å²) >= 11 is 6.10. The molecule has 19 heavy (non-hydrogen) atoms. The quantitative estimate of drug-likeness (QED) is 0.841. The maximum absolute atomic E-state index is 11.6. The van der Waals surface area contributed by atoms with E-state index >= 15 is 0 Å². The molecule has 0 aliphatic carbocycles. The van der Waals surface area contributed by atoms with Gasteiger partial charge in [-0.05, 0) is 38.8 Å². The number of ether oxygens (including phenoxy) is 1. The standard InChI is InChI=1S/C14H21ClN2O2/c1-9(2)17-13(18)8-19-14-11(7-10(3)16)5-4-6-12(14)15/h4-6,9-10H,7-8,16H2,1-3H3,(H,17,18). The average molecular weight is 285 g/mol. The van der Waals surface area contributed by atoms with Gasteiger partial charge in [0.15, 0.2) is 6.61 Å². The first-order valence-corrected chi connectivity index (χ1v) is 6.73. The second-order valence-electron chi connectivity index (χ2n) is 4.92. The maximum atomic E-state index is 11.6. The molecule has 5 heteroatoms. The lowest BCUT2D eigenvalue weighted by atomic mass is 10.1. The summed E-state index contributed by atoms with van der Waals surface area (Å²) in [6.45, 7) is 5.66. The molecule has 1 atom stereocenters. The molecule has 1 aromatic rings. The molecule has 1 rings (SSSR count). The number of halogens is 1. The van der Waals surface area contributed by atoms with Crippen molar-refractivity contribution < 1.29 is 9.53 Å². The number of nitrogens with two attached hydrogens (primary N) is 1. The van der Waals surface area contributed by atoms with Gasteiger partial charge in [0.1, 0.15) is 5.75 Å². The Hall–Kier alpha value is -1.26. The minimum Gasteiger partial charge on any atom is -0.482 e. The second kappa shape index (κ2) is 7.36. The predicted octanol–water partition coefficient (Wildman–Crippen LogP) is 2.13. The molecule has 3 N–H and O–H groups in total. The van der Waals surface area contributed by atoms with Crippen LogP contribution in [0.5, 0.6) is 5.75 Å².